The zero-order chi connectivity index (χ0) is 18.4. The highest BCUT2D eigenvalue weighted by molar-refractivity contribution is 9.10. The average molecular weight is 410 g/mol. The predicted octanol–water partition coefficient (Wildman–Crippen LogP) is 3.81. The van der Waals surface area contributed by atoms with E-state index in [0.717, 1.165) is 0 Å². The lowest BCUT2D eigenvalue weighted by Crippen LogP contribution is -2.10. The first-order valence-electron chi connectivity index (χ1n) is 7.72. The third kappa shape index (κ3) is 5.35. The first-order chi connectivity index (χ1) is 11.9. The Bertz CT molecular complexity index is 795. The number of rotatable bonds is 7. The van der Waals surface area contributed by atoms with Crippen LogP contribution < -0.4 is 0 Å². The van der Waals surface area contributed by atoms with Crippen LogP contribution in [0.2, 0.25) is 0 Å². The molecule has 1 heterocycles. The molecule has 7 heteroatoms. The maximum absolute atomic E-state index is 13.3. The minimum absolute atomic E-state index is 0.0838. The van der Waals surface area contributed by atoms with Gasteiger partial charge in [0.05, 0.1) is 17.5 Å². The Balaban J connectivity index is 2.19. The second kappa shape index (κ2) is 8.71. The van der Waals surface area contributed by atoms with Crippen molar-refractivity contribution in [1.29, 1.82) is 0 Å². The summed E-state index contributed by atoms with van der Waals surface area (Å²) in [4.78, 5) is 27.8. The smallest absolute Gasteiger partial charge is 0.306 e. The number of ketones is 1. The quantitative estimate of drug-likeness (QED) is 0.555. The summed E-state index contributed by atoms with van der Waals surface area (Å²) in [6.45, 7) is 1.92. The molecule has 0 saturated heterocycles. The van der Waals surface area contributed by atoms with Crippen molar-refractivity contribution in [2.45, 2.75) is 26.2 Å². The maximum Gasteiger partial charge on any atom is 0.306 e. The van der Waals surface area contributed by atoms with Gasteiger partial charge < -0.3 is 9.84 Å². The third-order valence-corrected chi connectivity index (χ3v) is 4.00. The molecule has 2 rings (SSSR count). The summed E-state index contributed by atoms with van der Waals surface area (Å²) in [6.07, 6.45) is 0.101. The molecule has 0 aliphatic heterocycles. The summed E-state index contributed by atoms with van der Waals surface area (Å²) in [5.41, 5.74) is 1.06. The number of halogens is 2. The van der Waals surface area contributed by atoms with E-state index in [1.54, 1.807) is 25.1 Å². The van der Waals surface area contributed by atoms with Crippen LogP contribution in [0.15, 0.2) is 34.8 Å². The van der Waals surface area contributed by atoms with Crippen LogP contribution in [0.5, 0.6) is 5.75 Å². The molecule has 0 fully saturated rings. The number of hydrogen-bond donors (Lipinski definition) is 1. The first kappa shape index (κ1) is 19.1. The zero-order valence-corrected chi connectivity index (χ0v) is 15.2. The first-order valence-corrected chi connectivity index (χ1v) is 8.51. The van der Waals surface area contributed by atoms with Crippen molar-refractivity contribution in [3.63, 3.8) is 0 Å². The van der Waals surface area contributed by atoms with Crippen molar-refractivity contribution in [2.24, 2.45) is 0 Å². The molecular weight excluding hydrogens is 393 g/mol. The number of hydrogen-bond acceptors (Lipinski definition) is 5. The Kier molecular flexibility index (Phi) is 6.64. The monoisotopic (exact) mass is 409 g/mol. The highest BCUT2D eigenvalue weighted by Crippen LogP contribution is 2.29. The fraction of sp³-hybridized carbons (Fsp3) is 0.278. The van der Waals surface area contributed by atoms with E-state index in [9.17, 15) is 19.1 Å². The van der Waals surface area contributed by atoms with Gasteiger partial charge in [-0.15, -0.1) is 0 Å². The number of aromatic nitrogens is 1. The summed E-state index contributed by atoms with van der Waals surface area (Å²) in [5.74, 6) is -1.59. The third-order valence-electron chi connectivity index (χ3n) is 3.40. The van der Waals surface area contributed by atoms with Crippen LogP contribution in [0.4, 0.5) is 4.39 Å². The predicted molar refractivity (Wildman–Crippen MR) is 93.0 cm³/mol. The summed E-state index contributed by atoms with van der Waals surface area (Å²) in [6, 6.07) is 7.63. The summed E-state index contributed by atoms with van der Waals surface area (Å²) >= 11 is 3.19. The Hall–Kier alpha value is -2.28. The molecule has 1 N–H and O–H groups in total. The van der Waals surface area contributed by atoms with Gasteiger partial charge in [-0.1, -0.05) is 12.1 Å². The van der Waals surface area contributed by atoms with Crippen LogP contribution in [-0.2, 0) is 16.0 Å². The van der Waals surface area contributed by atoms with Gasteiger partial charge >= 0.3 is 5.97 Å². The van der Waals surface area contributed by atoms with Crippen LogP contribution in [0.1, 0.15) is 41.5 Å². The normalized spacial score (nSPS) is 10.5. The van der Waals surface area contributed by atoms with Crippen molar-refractivity contribution >= 4 is 27.7 Å². The highest BCUT2D eigenvalue weighted by Gasteiger charge is 2.19. The van der Waals surface area contributed by atoms with Crippen molar-refractivity contribution < 1.29 is 23.8 Å². The van der Waals surface area contributed by atoms with Gasteiger partial charge in [0.25, 0.3) is 0 Å². The highest BCUT2D eigenvalue weighted by atomic mass is 79.9. The number of carbonyl (C=O) groups excluding carboxylic acids is 2. The van der Waals surface area contributed by atoms with Crippen LogP contribution in [0.3, 0.4) is 0 Å². The largest absolute Gasteiger partial charge is 0.504 e. The molecule has 0 bridgehead atoms. The van der Waals surface area contributed by atoms with E-state index in [-0.39, 0.29) is 36.7 Å². The van der Waals surface area contributed by atoms with Crippen molar-refractivity contribution in [2.75, 3.05) is 6.61 Å². The molecular formula is C18H17BrFNO4. The lowest BCUT2D eigenvalue weighted by molar-refractivity contribution is -0.143. The van der Waals surface area contributed by atoms with Crippen molar-refractivity contribution in [3.05, 3.63) is 57.6 Å². The fourth-order valence-electron chi connectivity index (χ4n) is 2.26. The van der Waals surface area contributed by atoms with Crippen LogP contribution in [0, 0.1) is 5.82 Å². The number of esters is 1. The van der Waals surface area contributed by atoms with Crippen LogP contribution >= 0.6 is 15.9 Å². The van der Waals surface area contributed by atoms with Crippen molar-refractivity contribution in [1.82, 2.24) is 4.98 Å². The summed E-state index contributed by atoms with van der Waals surface area (Å²) in [5, 5.41) is 10.1. The molecule has 0 aliphatic carbocycles. The topological polar surface area (TPSA) is 76.5 Å². The number of benzene rings is 1. The van der Waals surface area contributed by atoms with Gasteiger partial charge in [0.15, 0.2) is 11.5 Å². The molecule has 1 aromatic carbocycles. The fourth-order valence-corrected chi connectivity index (χ4v) is 2.72. The van der Waals surface area contributed by atoms with Crippen LogP contribution in [-0.4, -0.2) is 28.4 Å². The Morgan fingerprint density at radius 3 is 2.72 bits per heavy atom. The second-order valence-electron chi connectivity index (χ2n) is 5.33. The van der Waals surface area contributed by atoms with E-state index in [1.165, 1.54) is 12.1 Å². The van der Waals surface area contributed by atoms with Crippen molar-refractivity contribution in [3.8, 4) is 5.75 Å². The minimum atomic E-state index is -0.481. The molecule has 0 radical (unpaired) electrons. The molecule has 2 aromatic rings. The minimum Gasteiger partial charge on any atom is -0.504 e. The van der Waals surface area contributed by atoms with Gasteiger partial charge in [-0.3, -0.25) is 9.59 Å². The Morgan fingerprint density at radius 2 is 2.04 bits per heavy atom. The van der Waals surface area contributed by atoms with Gasteiger partial charge in [-0.25, -0.2) is 9.37 Å². The SMILES string of the molecule is CCOC(=O)CCC(=O)c1nc(Cc2cccc(F)c2)cc(Br)c1O. The molecule has 0 saturated carbocycles. The lowest BCUT2D eigenvalue weighted by Gasteiger charge is -2.09. The van der Waals surface area contributed by atoms with Gasteiger partial charge in [0.2, 0.25) is 0 Å². The van der Waals surface area contributed by atoms with E-state index in [4.69, 9.17) is 4.74 Å². The van der Waals surface area contributed by atoms with E-state index in [2.05, 4.69) is 20.9 Å². The zero-order valence-electron chi connectivity index (χ0n) is 13.6. The standard InChI is InChI=1S/C18H17BrFNO4/c1-2-25-16(23)7-6-15(22)17-18(24)14(19)10-13(21-17)9-11-4-3-5-12(20)8-11/h3-5,8,10,24H,2,6-7,9H2,1H3. The lowest BCUT2D eigenvalue weighted by atomic mass is 10.1. The average Bonchev–Trinajstić information content (AvgIpc) is 2.56. The molecule has 0 atom stereocenters. The van der Waals surface area contributed by atoms with Gasteiger partial charge in [-0.2, -0.15) is 0 Å². The molecule has 5 nitrogen and oxygen atoms in total. The van der Waals surface area contributed by atoms with Crippen LogP contribution in [0.25, 0.3) is 0 Å². The Morgan fingerprint density at radius 1 is 1.28 bits per heavy atom. The van der Waals surface area contributed by atoms with E-state index in [1.807, 2.05) is 0 Å². The number of nitrogens with zero attached hydrogens (tertiary/aromatic N) is 1. The molecule has 0 unspecified atom stereocenters. The molecule has 0 amide bonds. The van der Waals surface area contributed by atoms with Gasteiger partial charge in [0, 0.05) is 18.5 Å². The second-order valence-corrected chi connectivity index (χ2v) is 6.18. The number of pyridine rings is 1. The molecule has 0 aliphatic rings. The van der Waals surface area contributed by atoms with Gasteiger partial charge in [-0.05, 0) is 46.6 Å². The van der Waals surface area contributed by atoms with E-state index in [0.29, 0.717) is 22.2 Å². The number of carbonyl (C=O) groups is 2. The summed E-state index contributed by atoms with van der Waals surface area (Å²) in [7, 11) is 0. The van der Waals surface area contributed by atoms with Gasteiger partial charge in [0.1, 0.15) is 11.5 Å². The van der Waals surface area contributed by atoms with E-state index >= 15 is 0 Å². The molecule has 132 valence electrons. The van der Waals surface area contributed by atoms with E-state index < -0.39 is 11.8 Å². The number of aromatic hydroxyl groups is 1. The molecule has 25 heavy (non-hydrogen) atoms. The number of Topliss-reactive ketones (excluding diaryl/α,β-unsaturated/α-hetero) is 1. The maximum atomic E-state index is 13.3. The number of ether oxygens (including phenoxy) is 1. The summed E-state index contributed by atoms with van der Waals surface area (Å²) < 4.78 is 18.4. The Labute approximate surface area is 153 Å². The molecule has 0 spiro atoms. The molecule has 1 aromatic heterocycles.